The number of pyridine rings is 1. The molecular formula is C24H16ClN3O3. The fraction of sp³-hybridized carbons (Fsp3) is 0.0417. The zero-order valence-electron chi connectivity index (χ0n) is 16.4. The first-order chi connectivity index (χ1) is 15.0. The Morgan fingerprint density at radius 2 is 1.90 bits per heavy atom. The van der Waals surface area contributed by atoms with Crippen LogP contribution in [0.5, 0.6) is 11.8 Å². The third-order valence-corrected chi connectivity index (χ3v) is 5.42. The molecule has 7 heteroatoms. The first-order valence-electron chi connectivity index (χ1n) is 9.54. The molecule has 31 heavy (non-hydrogen) atoms. The zero-order valence-corrected chi connectivity index (χ0v) is 17.1. The Labute approximate surface area is 182 Å². The van der Waals surface area contributed by atoms with E-state index >= 15 is 0 Å². The van der Waals surface area contributed by atoms with Gasteiger partial charge in [-0.15, -0.1) is 0 Å². The van der Waals surface area contributed by atoms with Crippen LogP contribution in [0.25, 0.3) is 33.1 Å². The summed E-state index contributed by atoms with van der Waals surface area (Å²) in [4.78, 5) is 23.4. The Morgan fingerprint density at radius 3 is 2.74 bits per heavy atom. The van der Waals surface area contributed by atoms with Gasteiger partial charge in [0.25, 0.3) is 6.01 Å². The van der Waals surface area contributed by atoms with Crippen molar-refractivity contribution in [3.05, 3.63) is 83.0 Å². The van der Waals surface area contributed by atoms with Crippen molar-refractivity contribution in [3.8, 4) is 22.9 Å². The molecule has 0 atom stereocenters. The van der Waals surface area contributed by atoms with Gasteiger partial charge in [0.05, 0.1) is 27.1 Å². The minimum atomic E-state index is -1.01. The highest BCUT2D eigenvalue weighted by molar-refractivity contribution is 6.34. The molecule has 0 aliphatic heterocycles. The van der Waals surface area contributed by atoms with Crippen LogP contribution in [-0.2, 0) is 0 Å². The molecule has 2 heterocycles. The molecule has 5 aromatic rings. The molecule has 0 fully saturated rings. The van der Waals surface area contributed by atoms with Gasteiger partial charge in [-0.1, -0.05) is 35.9 Å². The average molecular weight is 430 g/mol. The highest BCUT2D eigenvalue weighted by atomic mass is 35.5. The van der Waals surface area contributed by atoms with Gasteiger partial charge in [0, 0.05) is 22.7 Å². The molecule has 0 unspecified atom stereocenters. The monoisotopic (exact) mass is 429 g/mol. The molecule has 0 radical (unpaired) electrons. The number of fused-ring (bicyclic) bond motifs is 2. The van der Waals surface area contributed by atoms with Crippen LogP contribution in [0.2, 0.25) is 5.02 Å². The Kier molecular flexibility index (Phi) is 4.56. The standard InChI is InChI=1S/C24H16ClN3O3/c1-13-6-7-16(9-17(13)23(29)30)31-24-27-21-10-18(19(25)11-22(21)28-24)15-8-14-4-2-3-5-20(14)26-12-15/h2-12H,1H3,(H,27,28)(H,29,30). The van der Waals surface area contributed by atoms with Crippen LogP contribution in [-0.4, -0.2) is 26.0 Å². The lowest BCUT2D eigenvalue weighted by atomic mass is 10.0. The number of ether oxygens (including phenoxy) is 1. The second-order valence-corrected chi connectivity index (χ2v) is 7.60. The first-order valence-corrected chi connectivity index (χ1v) is 9.92. The van der Waals surface area contributed by atoms with Crippen LogP contribution in [0, 0.1) is 6.92 Å². The predicted octanol–water partition coefficient (Wildman–Crippen LogP) is 6.23. The molecular weight excluding hydrogens is 414 g/mol. The Bertz CT molecular complexity index is 1480. The van der Waals surface area contributed by atoms with E-state index in [0.717, 1.165) is 22.0 Å². The number of halogens is 1. The fourth-order valence-corrected chi connectivity index (χ4v) is 3.77. The van der Waals surface area contributed by atoms with E-state index in [2.05, 4.69) is 15.0 Å². The van der Waals surface area contributed by atoms with Crippen LogP contribution in [0.3, 0.4) is 0 Å². The van der Waals surface area contributed by atoms with Crippen molar-refractivity contribution in [2.24, 2.45) is 0 Å². The molecule has 0 saturated heterocycles. The number of aromatic amines is 1. The molecule has 0 saturated carbocycles. The number of carbonyl (C=O) groups is 1. The lowest BCUT2D eigenvalue weighted by Crippen LogP contribution is -2.00. The largest absolute Gasteiger partial charge is 0.478 e. The molecule has 0 aliphatic rings. The number of carboxylic acids is 1. The summed E-state index contributed by atoms with van der Waals surface area (Å²) in [5, 5.41) is 10.9. The number of aromatic nitrogens is 3. The number of hydrogen-bond donors (Lipinski definition) is 2. The summed E-state index contributed by atoms with van der Waals surface area (Å²) in [5.74, 6) is -0.625. The smallest absolute Gasteiger partial charge is 0.336 e. The molecule has 3 aromatic carbocycles. The lowest BCUT2D eigenvalue weighted by Gasteiger charge is -2.06. The van der Waals surface area contributed by atoms with Gasteiger partial charge in [-0.2, -0.15) is 4.98 Å². The number of nitrogens with zero attached hydrogens (tertiary/aromatic N) is 2. The van der Waals surface area contributed by atoms with E-state index in [9.17, 15) is 9.90 Å². The molecule has 0 bridgehead atoms. The van der Waals surface area contributed by atoms with E-state index < -0.39 is 5.97 Å². The van der Waals surface area contributed by atoms with Gasteiger partial charge in [0.2, 0.25) is 0 Å². The third kappa shape index (κ3) is 3.58. The number of rotatable bonds is 4. The molecule has 2 N–H and O–H groups in total. The van der Waals surface area contributed by atoms with Gasteiger partial charge in [0.15, 0.2) is 0 Å². The summed E-state index contributed by atoms with van der Waals surface area (Å²) in [5.41, 5.74) is 4.84. The van der Waals surface area contributed by atoms with Crippen molar-refractivity contribution in [1.82, 2.24) is 15.0 Å². The van der Waals surface area contributed by atoms with Gasteiger partial charge in [-0.25, -0.2) is 4.79 Å². The van der Waals surface area contributed by atoms with Crippen LogP contribution in [0.4, 0.5) is 0 Å². The van der Waals surface area contributed by atoms with E-state index in [1.54, 1.807) is 31.3 Å². The number of para-hydroxylation sites is 1. The highest BCUT2D eigenvalue weighted by Crippen LogP contribution is 2.34. The van der Waals surface area contributed by atoms with E-state index in [0.29, 0.717) is 27.4 Å². The molecule has 2 aromatic heterocycles. The summed E-state index contributed by atoms with van der Waals surface area (Å²) in [6, 6.07) is 18.7. The van der Waals surface area contributed by atoms with E-state index in [4.69, 9.17) is 16.3 Å². The summed E-state index contributed by atoms with van der Waals surface area (Å²) in [7, 11) is 0. The molecule has 5 rings (SSSR count). The Hall–Kier alpha value is -3.90. The Balaban J connectivity index is 1.52. The van der Waals surface area contributed by atoms with Crippen LogP contribution in [0.1, 0.15) is 15.9 Å². The predicted molar refractivity (Wildman–Crippen MR) is 120 cm³/mol. The number of carboxylic acid groups (broad SMARTS) is 1. The second kappa shape index (κ2) is 7.41. The van der Waals surface area contributed by atoms with E-state index in [-0.39, 0.29) is 11.6 Å². The SMILES string of the molecule is Cc1ccc(Oc2nc3cc(-c4cnc5ccccc5c4)c(Cl)cc3[nH]2)cc1C(=O)O. The first kappa shape index (κ1) is 19.1. The van der Waals surface area contributed by atoms with Crippen LogP contribution >= 0.6 is 11.6 Å². The van der Waals surface area contributed by atoms with Gasteiger partial charge < -0.3 is 14.8 Å². The number of nitrogens with one attached hydrogen (secondary N) is 1. The number of H-pyrrole nitrogens is 1. The van der Waals surface area contributed by atoms with Gasteiger partial charge >= 0.3 is 5.97 Å². The molecule has 6 nitrogen and oxygen atoms in total. The third-order valence-electron chi connectivity index (χ3n) is 5.10. The van der Waals surface area contributed by atoms with Crippen molar-refractivity contribution in [2.75, 3.05) is 0 Å². The van der Waals surface area contributed by atoms with Gasteiger partial charge in [-0.3, -0.25) is 4.98 Å². The maximum absolute atomic E-state index is 11.4. The number of aromatic carboxylic acids is 1. The minimum Gasteiger partial charge on any atom is -0.478 e. The van der Waals surface area contributed by atoms with Crippen molar-refractivity contribution < 1.29 is 14.6 Å². The quantitative estimate of drug-likeness (QED) is 0.353. The Morgan fingerprint density at radius 1 is 1.06 bits per heavy atom. The fourth-order valence-electron chi connectivity index (χ4n) is 3.50. The highest BCUT2D eigenvalue weighted by Gasteiger charge is 2.13. The van der Waals surface area contributed by atoms with Crippen molar-refractivity contribution in [1.29, 1.82) is 0 Å². The summed E-state index contributed by atoms with van der Waals surface area (Å²) in [6.07, 6.45) is 1.79. The van der Waals surface area contributed by atoms with Crippen LogP contribution < -0.4 is 4.74 Å². The number of benzene rings is 3. The summed E-state index contributed by atoms with van der Waals surface area (Å²) >= 11 is 6.55. The van der Waals surface area contributed by atoms with Crippen molar-refractivity contribution in [3.63, 3.8) is 0 Å². The molecule has 152 valence electrons. The van der Waals surface area contributed by atoms with E-state index in [1.807, 2.05) is 36.4 Å². The molecule has 0 spiro atoms. The summed E-state index contributed by atoms with van der Waals surface area (Å²) < 4.78 is 5.77. The van der Waals surface area contributed by atoms with Gasteiger partial charge in [0.1, 0.15) is 5.75 Å². The number of hydrogen-bond acceptors (Lipinski definition) is 4. The van der Waals surface area contributed by atoms with Crippen molar-refractivity contribution >= 4 is 39.5 Å². The number of aryl methyl sites for hydroxylation is 1. The zero-order chi connectivity index (χ0) is 21.5. The maximum atomic E-state index is 11.4. The lowest BCUT2D eigenvalue weighted by molar-refractivity contribution is 0.0695. The van der Waals surface area contributed by atoms with Crippen molar-refractivity contribution in [2.45, 2.75) is 6.92 Å². The normalized spacial score (nSPS) is 11.2. The maximum Gasteiger partial charge on any atom is 0.336 e. The van der Waals surface area contributed by atoms with E-state index in [1.165, 1.54) is 6.07 Å². The van der Waals surface area contributed by atoms with Crippen LogP contribution in [0.15, 0.2) is 66.9 Å². The molecule has 0 aliphatic carbocycles. The second-order valence-electron chi connectivity index (χ2n) is 7.19. The average Bonchev–Trinajstić information content (AvgIpc) is 3.15. The minimum absolute atomic E-state index is 0.183. The topological polar surface area (TPSA) is 88.1 Å². The molecule has 0 amide bonds. The summed E-state index contributed by atoms with van der Waals surface area (Å²) in [6.45, 7) is 1.74. The number of imidazole rings is 1. The van der Waals surface area contributed by atoms with Gasteiger partial charge in [-0.05, 0) is 48.9 Å².